The molecule has 1 amide bonds. The third kappa shape index (κ3) is 4.79. The summed E-state index contributed by atoms with van der Waals surface area (Å²) in [5, 5.41) is 4.94. The standard InChI is InChI=1S/C17H20N2O2S/c1-3-19(11-16-5-4-10-22-16)12-17(21)18-15-8-6-14(7-9-15)13(2)20/h4-10H,3,11-12H2,1-2H3,(H,18,21)/p+1. The van der Waals surface area contributed by atoms with Crippen LogP contribution >= 0.6 is 11.3 Å². The van der Waals surface area contributed by atoms with Crippen molar-refractivity contribution >= 4 is 28.7 Å². The van der Waals surface area contributed by atoms with E-state index in [1.54, 1.807) is 35.6 Å². The number of amides is 1. The molecule has 4 nitrogen and oxygen atoms in total. The molecule has 2 aromatic rings. The molecule has 1 atom stereocenters. The summed E-state index contributed by atoms with van der Waals surface area (Å²) in [5.41, 5.74) is 1.37. The molecule has 1 unspecified atom stereocenters. The van der Waals surface area contributed by atoms with Crippen molar-refractivity contribution in [3.8, 4) is 0 Å². The van der Waals surface area contributed by atoms with E-state index in [4.69, 9.17) is 0 Å². The number of anilines is 1. The lowest BCUT2D eigenvalue weighted by Gasteiger charge is -2.16. The maximum atomic E-state index is 12.1. The van der Waals surface area contributed by atoms with Crippen molar-refractivity contribution in [3.63, 3.8) is 0 Å². The number of benzene rings is 1. The van der Waals surface area contributed by atoms with Gasteiger partial charge >= 0.3 is 0 Å². The van der Waals surface area contributed by atoms with E-state index in [0.29, 0.717) is 12.1 Å². The fourth-order valence-electron chi connectivity index (χ4n) is 2.19. The quantitative estimate of drug-likeness (QED) is 0.767. The third-order valence-electron chi connectivity index (χ3n) is 3.49. The minimum absolute atomic E-state index is 0.0102. The average molecular weight is 317 g/mol. The van der Waals surface area contributed by atoms with Gasteiger partial charge in [0.2, 0.25) is 0 Å². The van der Waals surface area contributed by atoms with Crippen molar-refractivity contribution in [1.82, 2.24) is 0 Å². The lowest BCUT2D eigenvalue weighted by atomic mass is 10.1. The zero-order valence-corrected chi connectivity index (χ0v) is 13.7. The summed E-state index contributed by atoms with van der Waals surface area (Å²) < 4.78 is 0. The molecule has 22 heavy (non-hydrogen) atoms. The van der Waals surface area contributed by atoms with E-state index in [0.717, 1.165) is 18.8 Å². The Kier molecular flexibility index (Phi) is 5.86. The van der Waals surface area contributed by atoms with Crippen LogP contribution in [0.4, 0.5) is 5.69 Å². The van der Waals surface area contributed by atoms with Crippen molar-refractivity contribution in [2.45, 2.75) is 20.4 Å². The summed E-state index contributed by atoms with van der Waals surface area (Å²) in [6, 6.07) is 11.1. The highest BCUT2D eigenvalue weighted by atomic mass is 32.1. The molecule has 1 aromatic carbocycles. The monoisotopic (exact) mass is 317 g/mol. The number of hydrogen-bond acceptors (Lipinski definition) is 3. The van der Waals surface area contributed by atoms with Crippen LogP contribution in [0.1, 0.15) is 29.1 Å². The van der Waals surface area contributed by atoms with Gasteiger partial charge in [-0.3, -0.25) is 9.59 Å². The number of carbonyl (C=O) groups is 2. The van der Waals surface area contributed by atoms with E-state index in [1.165, 1.54) is 16.7 Å². The number of Topliss-reactive ketones (excluding diaryl/α,β-unsaturated/α-hetero) is 1. The number of ketones is 1. The van der Waals surface area contributed by atoms with Gasteiger partial charge < -0.3 is 10.2 Å². The molecule has 0 aliphatic carbocycles. The number of thiophene rings is 1. The number of likely N-dealkylation sites (N-methyl/N-ethyl adjacent to an activating group) is 1. The zero-order valence-electron chi connectivity index (χ0n) is 12.9. The Balaban J connectivity index is 1.89. The summed E-state index contributed by atoms with van der Waals surface area (Å²) in [7, 11) is 0. The van der Waals surface area contributed by atoms with Gasteiger partial charge in [-0.15, -0.1) is 11.3 Å². The van der Waals surface area contributed by atoms with Crippen molar-refractivity contribution in [2.75, 3.05) is 18.4 Å². The van der Waals surface area contributed by atoms with Crippen molar-refractivity contribution in [2.24, 2.45) is 0 Å². The van der Waals surface area contributed by atoms with E-state index in [-0.39, 0.29) is 11.7 Å². The SMILES string of the molecule is CC[NH+](CC(=O)Nc1ccc(C(C)=O)cc1)Cc1cccs1. The third-order valence-corrected chi connectivity index (χ3v) is 4.37. The lowest BCUT2D eigenvalue weighted by molar-refractivity contribution is -0.903. The van der Waals surface area contributed by atoms with Crippen LogP contribution in [0.25, 0.3) is 0 Å². The molecule has 0 aliphatic rings. The second-order valence-electron chi connectivity index (χ2n) is 5.22. The molecular formula is C17H21N2O2S+. The van der Waals surface area contributed by atoms with Gasteiger partial charge in [0, 0.05) is 11.3 Å². The van der Waals surface area contributed by atoms with Crippen LogP contribution in [-0.4, -0.2) is 24.8 Å². The molecule has 0 saturated heterocycles. The van der Waals surface area contributed by atoms with E-state index in [9.17, 15) is 9.59 Å². The maximum absolute atomic E-state index is 12.1. The van der Waals surface area contributed by atoms with Crippen LogP contribution in [0.2, 0.25) is 0 Å². The topological polar surface area (TPSA) is 50.6 Å². The fraction of sp³-hybridized carbons (Fsp3) is 0.294. The van der Waals surface area contributed by atoms with E-state index < -0.39 is 0 Å². The van der Waals surface area contributed by atoms with E-state index >= 15 is 0 Å². The Hall–Kier alpha value is -1.98. The average Bonchev–Trinajstić information content (AvgIpc) is 3.00. The van der Waals surface area contributed by atoms with Gasteiger partial charge in [0.05, 0.1) is 11.4 Å². The molecular weight excluding hydrogens is 296 g/mol. The number of hydrogen-bond donors (Lipinski definition) is 2. The number of quaternary nitrogens is 1. The van der Waals surface area contributed by atoms with Gasteiger partial charge in [-0.2, -0.15) is 0 Å². The van der Waals surface area contributed by atoms with E-state index in [1.807, 2.05) is 6.07 Å². The first-order chi connectivity index (χ1) is 10.6. The summed E-state index contributed by atoms with van der Waals surface area (Å²) in [4.78, 5) is 25.9. The highest BCUT2D eigenvalue weighted by Gasteiger charge is 2.14. The Morgan fingerprint density at radius 1 is 1.18 bits per heavy atom. The molecule has 0 fully saturated rings. The Morgan fingerprint density at radius 3 is 2.45 bits per heavy atom. The normalized spacial score (nSPS) is 11.9. The van der Waals surface area contributed by atoms with Crippen LogP contribution in [0.3, 0.4) is 0 Å². The predicted molar refractivity (Wildman–Crippen MR) is 89.5 cm³/mol. The summed E-state index contributed by atoms with van der Waals surface area (Å²) in [6.45, 7) is 5.81. The first kappa shape index (κ1) is 16.4. The maximum Gasteiger partial charge on any atom is 0.279 e. The minimum atomic E-state index is -0.0102. The molecule has 0 spiro atoms. The van der Waals surface area contributed by atoms with Crippen LogP contribution < -0.4 is 10.2 Å². The summed E-state index contributed by atoms with van der Waals surface area (Å²) >= 11 is 1.72. The summed E-state index contributed by atoms with van der Waals surface area (Å²) in [6.07, 6.45) is 0. The zero-order chi connectivity index (χ0) is 15.9. The molecule has 1 aromatic heterocycles. The highest BCUT2D eigenvalue weighted by molar-refractivity contribution is 7.09. The van der Waals surface area contributed by atoms with Crippen LogP contribution in [0.15, 0.2) is 41.8 Å². The molecule has 5 heteroatoms. The fourth-order valence-corrected chi connectivity index (χ4v) is 2.97. The van der Waals surface area contributed by atoms with Gasteiger partial charge in [-0.1, -0.05) is 6.07 Å². The number of carbonyl (C=O) groups excluding carboxylic acids is 2. The van der Waals surface area contributed by atoms with Crippen LogP contribution in [-0.2, 0) is 11.3 Å². The van der Waals surface area contributed by atoms with Gasteiger partial charge in [-0.25, -0.2) is 0 Å². The summed E-state index contributed by atoms with van der Waals surface area (Å²) in [5.74, 6) is 0.0133. The van der Waals surface area contributed by atoms with Crippen LogP contribution in [0.5, 0.6) is 0 Å². The first-order valence-electron chi connectivity index (χ1n) is 7.35. The molecule has 1 heterocycles. The van der Waals surface area contributed by atoms with Gasteiger partial charge in [0.1, 0.15) is 6.54 Å². The van der Waals surface area contributed by atoms with E-state index in [2.05, 4.69) is 23.7 Å². The molecule has 0 aliphatic heterocycles. The predicted octanol–water partition coefficient (Wildman–Crippen LogP) is 1.99. The van der Waals surface area contributed by atoms with Gasteiger partial charge in [-0.05, 0) is 49.6 Å². The largest absolute Gasteiger partial charge is 0.323 e. The second kappa shape index (κ2) is 7.87. The van der Waals surface area contributed by atoms with Crippen LogP contribution in [0, 0.1) is 0 Å². The second-order valence-corrected chi connectivity index (χ2v) is 6.25. The van der Waals surface area contributed by atoms with Crippen molar-refractivity contribution in [1.29, 1.82) is 0 Å². The van der Waals surface area contributed by atoms with Crippen molar-refractivity contribution < 1.29 is 14.5 Å². The first-order valence-corrected chi connectivity index (χ1v) is 8.23. The lowest BCUT2D eigenvalue weighted by Crippen LogP contribution is -3.11. The molecule has 116 valence electrons. The highest BCUT2D eigenvalue weighted by Crippen LogP contribution is 2.09. The minimum Gasteiger partial charge on any atom is -0.323 e. The molecule has 0 saturated carbocycles. The molecule has 0 bridgehead atoms. The molecule has 0 radical (unpaired) electrons. The number of rotatable bonds is 7. The van der Waals surface area contributed by atoms with Gasteiger partial charge in [0.25, 0.3) is 5.91 Å². The Labute approximate surface area is 134 Å². The van der Waals surface area contributed by atoms with Crippen molar-refractivity contribution in [3.05, 3.63) is 52.2 Å². The Morgan fingerprint density at radius 2 is 1.91 bits per heavy atom. The number of nitrogens with one attached hydrogen (secondary N) is 2. The Bertz CT molecular complexity index is 621. The van der Waals surface area contributed by atoms with Gasteiger partial charge in [0.15, 0.2) is 12.3 Å². The molecule has 2 N–H and O–H groups in total. The smallest absolute Gasteiger partial charge is 0.279 e. The molecule has 2 rings (SSSR count).